The first-order valence-corrected chi connectivity index (χ1v) is 5.45. The van der Waals surface area contributed by atoms with Gasteiger partial charge in [0.25, 0.3) is 0 Å². The van der Waals surface area contributed by atoms with Crippen molar-refractivity contribution in [3.8, 4) is 0 Å². The molecule has 2 amide bonds. The molecule has 0 aliphatic carbocycles. The quantitative estimate of drug-likeness (QED) is 0.622. The van der Waals surface area contributed by atoms with Crippen LogP contribution in [0, 0.1) is 0 Å². The van der Waals surface area contributed by atoms with E-state index < -0.39 is 11.9 Å². The maximum absolute atomic E-state index is 11.4. The van der Waals surface area contributed by atoms with Gasteiger partial charge in [0.15, 0.2) is 0 Å². The number of carbonyl (C=O) groups excluding carboxylic acids is 2. The molecule has 0 aliphatic heterocycles. The fourth-order valence-electron chi connectivity index (χ4n) is 1.42. The Morgan fingerprint density at radius 1 is 1.24 bits per heavy atom. The lowest BCUT2D eigenvalue weighted by Gasteiger charge is -2.10. The summed E-state index contributed by atoms with van der Waals surface area (Å²) in [6, 6.07) is 8.92. The predicted octanol–water partition coefficient (Wildman–Crippen LogP) is -0.452. The molecule has 0 aliphatic rings. The molecule has 0 saturated carbocycles. The smallest absolute Gasteiger partial charge is 0.237 e. The van der Waals surface area contributed by atoms with Crippen molar-refractivity contribution in [3.63, 3.8) is 0 Å². The van der Waals surface area contributed by atoms with Crippen LogP contribution in [-0.2, 0) is 16.0 Å². The fraction of sp³-hybridized carbons (Fsp3) is 0.333. The lowest BCUT2D eigenvalue weighted by Crippen LogP contribution is -2.43. The van der Waals surface area contributed by atoms with E-state index in [2.05, 4.69) is 5.32 Å². The Balaban J connectivity index is 2.27. The predicted molar refractivity (Wildman–Crippen MR) is 64.9 cm³/mol. The van der Waals surface area contributed by atoms with Crippen LogP contribution in [0.2, 0.25) is 0 Å². The van der Waals surface area contributed by atoms with E-state index in [9.17, 15) is 9.59 Å². The average molecular weight is 235 g/mol. The van der Waals surface area contributed by atoms with Crippen molar-refractivity contribution in [1.29, 1.82) is 0 Å². The number of carbonyl (C=O) groups is 2. The van der Waals surface area contributed by atoms with Gasteiger partial charge in [-0.3, -0.25) is 9.59 Å². The highest BCUT2D eigenvalue weighted by atomic mass is 16.2. The summed E-state index contributed by atoms with van der Waals surface area (Å²) in [5, 5.41) is 2.66. The Labute approximate surface area is 100 Å². The molecule has 5 N–H and O–H groups in total. The number of hydrogen-bond donors (Lipinski definition) is 3. The first-order valence-electron chi connectivity index (χ1n) is 5.45. The number of amides is 2. The number of benzene rings is 1. The molecule has 0 heterocycles. The van der Waals surface area contributed by atoms with E-state index in [1.807, 2.05) is 30.3 Å². The molecular formula is C12H17N3O2. The van der Waals surface area contributed by atoms with Gasteiger partial charge in [-0.25, -0.2) is 0 Å². The molecule has 0 radical (unpaired) electrons. The van der Waals surface area contributed by atoms with Crippen LogP contribution in [0.15, 0.2) is 30.3 Å². The van der Waals surface area contributed by atoms with E-state index in [1.165, 1.54) is 0 Å². The molecule has 0 spiro atoms. The molecule has 0 bridgehead atoms. The summed E-state index contributed by atoms with van der Waals surface area (Å²) in [6.07, 6.45) is 0.604. The van der Waals surface area contributed by atoms with E-state index in [-0.39, 0.29) is 12.3 Å². The Morgan fingerprint density at radius 2 is 1.88 bits per heavy atom. The molecule has 1 rings (SSSR count). The third-order valence-electron chi connectivity index (χ3n) is 2.31. The Kier molecular flexibility index (Phi) is 5.16. The van der Waals surface area contributed by atoms with Crippen LogP contribution in [0.5, 0.6) is 0 Å². The van der Waals surface area contributed by atoms with Crippen molar-refractivity contribution < 1.29 is 9.59 Å². The van der Waals surface area contributed by atoms with Gasteiger partial charge in [-0.1, -0.05) is 30.3 Å². The highest BCUT2D eigenvalue weighted by molar-refractivity contribution is 5.87. The first-order chi connectivity index (χ1) is 8.09. The molecule has 0 saturated heterocycles. The molecule has 5 heteroatoms. The van der Waals surface area contributed by atoms with Crippen molar-refractivity contribution in [1.82, 2.24) is 5.32 Å². The van der Waals surface area contributed by atoms with Gasteiger partial charge < -0.3 is 16.8 Å². The van der Waals surface area contributed by atoms with E-state index in [1.54, 1.807) is 0 Å². The first kappa shape index (κ1) is 13.2. The monoisotopic (exact) mass is 235 g/mol. The maximum atomic E-state index is 11.4. The van der Waals surface area contributed by atoms with Crippen LogP contribution in [-0.4, -0.2) is 24.4 Å². The van der Waals surface area contributed by atoms with Crippen LogP contribution < -0.4 is 16.8 Å². The second-order valence-electron chi connectivity index (χ2n) is 3.80. The normalized spacial score (nSPS) is 11.8. The van der Waals surface area contributed by atoms with Crippen molar-refractivity contribution in [2.75, 3.05) is 6.54 Å². The zero-order valence-electron chi connectivity index (χ0n) is 9.56. The second-order valence-corrected chi connectivity index (χ2v) is 3.80. The molecule has 1 aromatic carbocycles. The zero-order valence-corrected chi connectivity index (χ0v) is 9.56. The third-order valence-corrected chi connectivity index (χ3v) is 2.31. The van der Waals surface area contributed by atoms with Gasteiger partial charge in [-0.15, -0.1) is 0 Å². The molecule has 1 aromatic rings. The number of rotatable bonds is 6. The van der Waals surface area contributed by atoms with E-state index in [0.29, 0.717) is 6.54 Å². The number of primary amides is 1. The average Bonchev–Trinajstić information content (AvgIpc) is 2.29. The largest absolute Gasteiger partial charge is 0.370 e. The Bertz CT molecular complexity index is 379. The lowest BCUT2D eigenvalue weighted by molar-refractivity contribution is -0.126. The summed E-state index contributed by atoms with van der Waals surface area (Å²) >= 11 is 0. The summed E-state index contributed by atoms with van der Waals surface area (Å²) in [5.41, 5.74) is 11.6. The summed E-state index contributed by atoms with van der Waals surface area (Å²) in [7, 11) is 0. The molecule has 0 unspecified atom stereocenters. The summed E-state index contributed by atoms with van der Waals surface area (Å²) in [5.74, 6) is -0.921. The molecule has 0 fully saturated rings. The summed E-state index contributed by atoms with van der Waals surface area (Å²) < 4.78 is 0. The fourth-order valence-corrected chi connectivity index (χ4v) is 1.42. The van der Waals surface area contributed by atoms with Gasteiger partial charge in [0, 0.05) is 6.54 Å². The molecule has 5 nitrogen and oxygen atoms in total. The minimum absolute atomic E-state index is 0.128. The summed E-state index contributed by atoms with van der Waals surface area (Å²) in [4.78, 5) is 22.0. The molecule has 92 valence electrons. The van der Waals surface area contributed by atoms with Crippen LogP contribution in [0.4, 0.5) is 0 Å². The number of nitrogens with one attached hydrogen (secondary N) is 1. The number of nitrogens with two attached hydrogens (primary N) is 2. The van der Waals surface area contributed by atoms with Crippen molar-refractivity contribution in [3.05, 3.63) is 35.9 Å². The highest BCUT2D eigenvalue weighted by Crippen LogP contribution is 1.98. The van der Waals surface area contributed by atoms with Gasteiger partial charge >= 0.3 is 0 Å². The molecular weight excluding hydrogens is 218 g/mol. The van der Waals surface area contributed by atoms with Crippen LogP contribution in [0.3, 0.4) is 0 Å². The van der Waals surface area contributed by atoms with Crippen molar-refractivity contribution >= 4 is 11.8 Å². The van der Waals surface area contributed by atoms with E-state index >= 15 is 0 Å². The van der Waals surface area contributed by atoms with Gasteiger partial charge in [-0.05, 0) is 12.0 Å². The van der Waals surface area contributed by atoms with Crippen molar-refractivity contribution in [2.24, 2.45) is 11.5 Å². The highest BCUT2D eigenvalue weighted by Gasteiger charge is 2.14. The minimum Gasteiger partial charge on any atom is -0.370 e. The Morgan fingerprint density at radius 3 is 2.47 bits per heavy atom. The topological polar surface area (TPSA) is 98.2 Å². The lowest BCUT2D eigenvalue weighted by atomic mass is 10.1. The van der Waals surface area contributed by atoms with Crippen LogP contribution in [0.1, 0.15) is 12.0 Å². The van der Waals surface area contributed by atoms with Gasteiger partial charge in [-0.2, -0.15) is 0 Å². The maximum Gasteiger partial charge on any atom is 0.237 e. The Hall–Kier alpha value is -1.88. The minimum atomic E-state index is -0.858. The van der Waals surface area contributed by atoms with E-state index in [4.69, 9.17) is 11.5 Å². The van der Waals surface area contributed by atoms with Crippen LogP contribution >= 0.6 is 0 Å². The molecule has 17 heavy (non-hydrogen) atoms. The summed E-state index contributed by atoms with van der Waals surface area (Å²) in [6.45, 7) is 0.495. The van der Waals surface area contributed by atoms with Gasteiger partial charge in [0.1, 0.15) is 0 Å². The van der Waals surface area contributed by atoms with Gasteiger partial charge in [0.05, 0.1) is 12.5 Å². The SMILES string of the molecule is NC(=O)C[C@@H](N)C(=O)NCCc1ccccc1. The molecule has 0 aromatic heterocycles. The second kappa shape index (κ2) is 6.65. The molecule has 1 atom stereocenters. The van der Waals surface area contributed by atoms with Crippen LogP contribution in [0.25, 0.3) is 0 Å². The van der Waals surface area contributed by atoms with Crippen molar-refractivity contribution in [2.45, 2.75) is 18.9 Å². The zero-order chi connectivity index (χ0) is 12.7. The number of hydrogen-bond acceptors (Lipinski definition) is 3. The van der Waals surface area contributed by atoms with Gasteiger partial charge in [0.2, 0.25) is 11.8 Å². The standard InChI is InChI=1S/C12H17N3O2/c13-10(8-11(14)16)12(17)15-7-6-9-4-2-1-3-5-9/h1-5,10H,6-8,13H2,(H2,14,16)(H,15,17)/t10-/m1/s1. The van der Waals surface area contributed by atoms with E-state index in [0.717, 1.165) is 12.0 Å². The third kappa shape index (κ3) is 5.12.